The van der Waals surface area contributed by atoms with Crippen molar-refractivity contribution < 1.29 is 9.53 Å². The molecule has 1 aliphatic heterocycles. The van der Waals surface area contributed by atoms with Crippen LogP contribution < -0.4 is 9.39 Å². The Labute approximate surface area is 103 Å². The number of carbonyl (C=O) groups excluding carboxylic acids is 1. The maximum absolute atomic E-state index is 11.5. The van der Waals surface area contributed by atoms with Gasteiger partial charge in [0.05, 0.1) is 5.39 Å². The highest BCUT2D eigenvalue weighted by Gasteiger charge is 2.27. The van der Waals surface area contributed by atoms with Gasteiger partial charge in [-0.3, -0.25) is 0 Å². The Morgan fingerprint density at radius 2 is 2.47 bits per heavy atom. The first kappa shape index (κ1) is 10.6. The van der Waals surface area contributed by atoms with E-state index in [-0.39, 0.29) is 14.8 Å². The van der Waals surface area contributed by atoms with Crippen molar-refractivity contribution in [1.29, 1.82) is 0 Å². The fourth-order valence-corrected chi connectivity index (χ4v) is 2.53. The van der Waals surface area contributed by atoms with E-state index in [2.05, 4.69) is 32.5 Å². The van der Waals surface area contributed by atoms with Crippen molar-refractivity contribution in [2.75, 3.05) is 15.7 Å². The van der Waals surface area contributed by atoms with E-state index in [1.54, 1.807) is 6.20 Å². The Morgan fingerprint density at radius 3 is 3.18 bits per heavy atom. The smallest absolute Gasteiger partial charge is 0.419 e. The second kappa shape index (κ2) is 4.05. The number of hydrogen-bond donors (Lipinski definition) is 3. The number of H-pyrrole nitrogens is 1. The Balaban J connectivity index is 2.19. The lowest BCUT2D eigenvalue weighted by Gasteiger charge is -2.12. The van der Waals surface area contributed by atoms with E-state index in [1.807, 2.05) is 6.07 Å². The zero-order valence-electron chi connectivity index (χ0n) is 8.47. The van der Waals surface area contributed by atoms with Crippen LogP contribution in [0.2, 0.25) is 0 Å². The number of hydrogen-bond acceptors (Lipinski definition) is 6. The normalized spacial score (nSPS) is 16.8. The minimum Gasteiger partial charge on any atom is -0.443 e. The minimum atomic E-state index is -0.380. The first-order chi connectivity index (χ1) is 8.29. The number of ether oxygens (including phenoxy) is 1. The van der Waals surface area contributed by atoms with Gasteiger partial charge in [0.15, 0.2) is 5.82 Å². The van der Waals surface area contributed by atoms with Crippen molar-refractivity contribution in [2.24, 2.45) is 0 Å². The van der Waals surface area contributed by atoms with Crippen molar-refractivity contribution in [2.45, 2.75) is 0 Å². The van der Waals surface area contributed by atoms with E-state index in [0.29, 0.717) is 23.8 Å². The van der Waals surface area contributed by atoms with Crippen LogP contribution in [0.25, 0.3) is 11.0 Å². The van der Waals surface area contributed by atoms with E-state index < -0.39 is 0 Å². The molecule has 17 heavy (non-hydrogen) atoms. The molecule has 2 aromatic rings. The molecule has 3 rings (SSSR count). The third-order valence-corrected chi connectivity index (χ3v) is 3.49. The van der Waals surface area contributed by atoms with Crippen molar-refractivity contribution in [3.63, 3.8) is 0 Å². The summed E-state index contributed by atoms with van der Waals surface area (Å²) >= 11 is 3.91. The van der Waals surface area contributed by atoms with Gasteiger partial charge in [-0.05, 0) is 6.07 Å². The van der Waals surface area contributed by atoms with Gasteiger partial charge in [-0.1, -0.05) is 12.8 Å². The van der Waals surface area contributed by atoms with Crippen LogP contribution in [0.15, 0.2) is 12.3 Å². The molecular weight excluding hydrogens is 261 g/mol. The van der Waals surface area contributed by atoms with Gasteiger partial charge in [0.1, 0.15) is 12.0 Å². The molecule has 0 spiro atoms. The largest absolute Gasteiger partial charge is 0.443 e. The molecule has 0 bridgehead atoms. The van der Waals surface area contributed by atoms with Gasteiger partial charge in [-0.15, -0.1) is 0 Å². The maximum Gasteiger partial charge on any atom is 0.419 e. The summed E-state index contributed by atoms with van der Waals surface area (Å²) in [6.45, 7) is 0. The van der Waals surface area contributed by atoms with Crippen LogP contribution >= 0.6 is 21.5 Å². The SMILES string of the molecule is O=C1OCPN1c1nc(NS)nc2[nH]ccc12. The summed E-state index contributed by atoms with van der Waals surface area (Å²) < 4.78 is 8.98. The number of cyclic esters (lactones) is 1. The monoisotopic (exact) mass is 269 g/mol. The first-order valence-electron chi connectivity index (χ1n) is 4.75. The summed E-state index contributed by atoms with van der Waals surface area (Å²) in [7, 11) is 0.236. The number of nitrogens with one attached hydrogen (secondary N) is 2. The van der Waals surface area contributed by atoms with Crippen molar-refractivity contribution >= 4 is 50.4 Å². The number of thiol groups is 1. The molecule has 1 amide bonds. The number of fused-ring (bicyclic) bond motifs is 1. The minimum absolute atomic E-state index is 0.236. The standard InChI is InChI=1S/C8H8N5O2PS/c14-8-13(16-3-15-8)6-4-1-2-9-5(4)10-7(11-6)12-17/h1-2,16-17H,3H2,(H2,9,10,11,12). The van der Waals surface area contributed by atoms with E-state index in [0.717, 1.165) is 5.39 Å². The van der Waals surface area contributed by atoms with Gasteiger partial charge in [0, 0.05) is 14.9 Å². The van der Waals surface area contributed by atoms with E-state index in [9.17, 15) is 4.79 Å². The zero-order chi connectivity index (χ0) is 11.8. The third-order valence-electron chi connectivity index (χ3n) is 2.31. The van der Waals surface area contributed by atoms with Crippen molar-refractivity contribution in [3.05, 3.63) is 12.3 Å². The van der Waals surface area contributed by atoms with Crippen molar-refractivity contribution in [3.8, 4) is 0 Å². The van der Waals surface area contributed by atoms with Crippen LogP contribution in [0.1, 0.15) is 0 Å². The molecule has 1 atom stereocenters. The average Bonchev–Trinajstić information content (AvgIpc) is 2.95. The van der Waals surface area contributed by atoms with E-state index >= 15 is 0 Å². The van der Waals surface area contributed by atoms with Crippen LogP contribution in [0.3, 0.4) is 0 Å². The molecule has 7 nitrogen and oxygen atoms in total. The molecule has 0 aliphatic carbocycles. The summed E-state index contributed by atoms with van der Waals surface area (Å²) in [6.07, 6.45) is 1.77. The second-order valence-corrected chi connectivity index (χ2v) is 4.55. The average molecular weight is 269 g/mol. The van der Waals surface area contributed by atoms with Gasteiger partial charge in [-0.2, -0.15) is 9.97 Å². The number of aromatic nitrogens is 3. The second-order valence-electron chi connectivity index (χ2n) is 3.27. The lowest BCUT2D eigenvalue weighted by atomic mass is 10.4. The van der Waals surface area contributed by atoms with Crippen LogP contribution in [-0.4, -0.2) is 27.4 Å². The molecule has 1 aliphatic rings. The lowest BCUT2D eigenvalue weighted by Crippen LogP contribution is -2.17. The number of amides is 1. The van der Waals surface area contributed by atoms with Gasteiger partial charge in [0.25, 0.3) is 0 Å². The quantitative estimate of drug-likeness (QED) is 0.571. The Bertz CT molecular complexity index is 588. The molecule has 1 unspecified atom stereocenters. The van der Waals surface area contributed by atoms with Gasteiger partial charge in [-0.25, -0.2) is 9.46 Å². The molecule has 88 valence electrons. The fraction of sp³-hybridized carbons (Fsp3) is 0.125. The highest BCUT2D eigenvalue weighted by atomic mass is 32.1. The molecule has 3 heterocycles. The number of anilines is 2. The number of aromatic amines is 1. The Kier molecular flexibility index (Phi) is 2.53. The summed E-state index contributed by atoms with van der Waals surface area (Å²) in [4.78, 5) is 22.9. The number of rotatable bonds is 2. The van der Waals surface area contributed by atoms with E-state index in [4.69, 9.17) is 4.74 Å². The van der Waals surface area contributed by atoms with Gasteiger partial charge in [0.2, 0.25) is 5.95 Å². The fourth-order valence-electron chi connectivity index (χ4n) is 1.59. The highest BCUT2D eigenvalue weighted by Crippen LogP contribution is 2.36. The first-order valence-corrected chi connectivity index (χ1v) is 6.35. The molecule has 0 aromatic carbocycles. The van der Waals surface area contributed by atoms with Crippen LogP contribution in [0.5, 0.6) is 0 Å². The van der Waals surface area contributed by atoms with Crippen LogP contribution in [0, 0.1) is 0 Å². The van der Waals surface area contributed by atoms with Gasteiger partial charge >= 0.3 is 6.09 Å². The Hall–Kier alpha value is -1.53. The van der Waals surface area contributed by atoms with Gasteiger partial charge < -0.3 is 14.4 Å². The summed E-state index contributed by atoms with van der Waals surface area (Å²) in [5.41, 5.74) is 0.649. The predicted molar refractivity (Wildman–Crippen MR) is 68.6 cm³/mol. The molecule has 1 saturated heterocycles. The molecular formula is C8H8N5O2PS. The molecule has 0 saturated carbocycles. The molecule has 9 heteroatoms. The summed E-state index contributed by atoms with van der Waals surface area (Å²) in [5, 5.41) is 0.781. The van der Waals surface area contributed by atoms with E-state index in [1.165, 1.54) is 4.67 Å². The molecule has 1 fully saturated rings. The molecule has 0 radical (unpaired) electrons. The molecule has 2 aromatic heterocycles. The van der Waals surface area contributed by atoms with Crippen LogP contribution in [-0.2, 0) is 4.74 Å². The van der Waals surface area contributed by atoms with Crippen molar-refractivity contribution in [1.82, 2.24) is 15.0 Å². The number of carbonyl (C=O) groups is 1. The maximum atomic E-state index is 11.5. The van der Waals surface area contributed by atoms with Crippen LogP contribution in [0.4, 0.5) is 16.6 Å². The third kappa shape index (κ3) is 1.69. The molecule has 2 N–H and O–H groups in total. The zero-order valence-corrected chi connectivity index (χ0v) is 10.4. The highest BCUT2D eigenvalue weighted by molar-refractivity contribution is 7.81. The lowest BCUT2D eigenvalue weighted by molar-refractivity contribution is 0.184. The number of nitrogens with zero attached hydrogens (tertiary/aromatic N) is 3. The predicted octanol–water partition coefficient (Wildman–Crippen LogP) is 1.72. The topological polar surface area (TPSA) is 83.1 Å². The summed E-state index contributed by atoms with van der Waals surface area (Å²) in [5.74, 6) is 0.872. The summed E-state index contributed by atoms with van der Waals surface area (Å²) in [6, 6.07) is 1.82. The Morgan fingerprint density at radius 1 is 1.59 bits per heavy atom.